The van der Waals surface area contributed by atoms with E-state index in [1.165, 1.54) is 25.0 Å². The molecule has 1 aliphatic carbocycles. The van der Waals surface area contributed by atoms with Gasteiger partial charge in [-0.15, -0.1) is 0 Å². The number of hydrogen-bond donors (Lipinski definition) is 2. The van der Waals surface area contributed by atoms with E-state index in [4.69, 9.17) is 5.11 Å². The minimum absolute atomic E-state index is 0.0201. The smallest absolute Gasteiger partial charge is 0.335 e. The number of carbonyl (C=O) groups is 1. The number of nitrogens with one attached hydrogen (secondary N) is 1. The van der Waals surface area contributed by atoms with Crippen LogP contribution in [0.25, 0.3) is 0 Å². The van der Waals surface area contributed by atoms with Crippen molar-refractivity contribution in [1.82, 2.24) is 0 Å². The van der Waals surface area contributed by atoms with Gasteiger partial charge in [0.05, 0.1) is 5.56 Å². The lowest BCUT2D eigenvalue weighted by molar-refractivity contribution is 0.0696. The van der Waals surface area contributed by atoms with E-state index < -0.39 is 11.8 Å². The molecule has 0 spiro atoms. The van der Waals surface area contributed by atoms with Crippen LogP contribution in [0.3, 0.4) is 0 Å². The summed E-state index contributed by atoms with van der Waals surface area (Å²) in [5.41, 5.74) is 0.521. The van der Waals surface area contributed by atoms with E-state index in [9.17, 15) is 9.18 Å². The number of aromatic carboxylic acids is 1. The fourth-order valence-corrected chi connectivity index (χ4v) is 1.40. The maximum atomic E-state index is 13.0. The highest BCUT2D eigenvalue weighted by Crippen LogP contribution is 2.29. The number of anilines is 1. The molecule has 1 fully saturated rings. The number of carboxylic acids is 1. The summed E-state index contributed by atoms with van der Waals surface area (Å²) in [7, 11) is 0. The number of hydrogen-bond acceptors (Lipinski definition) is 2. The summed E-state index contributed by atoms with van der Waals surface area (Å²) in [4.78, 5) is 10.7. The van der Waals surface area contributed by atoms with Gasteiger partial charge in [0.15, 0.2) is 0 Å². The van der Waals surface area contributed by atoms with Crippen LogP contribution >= 0.6 is 0 Å². The predicted octanol–water partition coefficient (Wildman–Crippen LogP) is 2.35. The second-order valence-corrected chi connectivity index (χ2v) is 3.86. The highest BCUT2D eigenvalue weighted by Gasteiger charge is 2.20. The molecule has 0 aliphatic heterocycles. The molecule has 15 heavy (non-hydrogen) atoms. The highest BCUT2D eigenvalue weighted by atomic mass is 19.1. The largest absolute Gasteiger partial charge is 0.478 e. The van der Waals surface area contributed by atoms with Crippen molar-refractivity contribution < 1.29 is 14.3 Å². The molecule has 0 unspecified atom stereocenters. The van der Waals surface area contributed by atoms with E-state index in [1.807, 2.05) is 0 Å². The lowest BCUT2D eigenvalue weighted by atomic mass is 10.2. The average molecular weight is 209 g/mol. The van der Waals surface area contributed by atoms with Gasteiger partial charge in [0.2, 0.25) is 0 Å². The third kappa shape index (κ3) is 2.68. The zero-order valence-corrected chi connectivity index (χ0v) is 8.16. The SMILES string of the molecule is O=C(O)c1cc(F)cc(NCC2CC2)c1. The molecular weight excluding hydrogens is 197 g/mol. The van der Waals surface area contributed by atoms with Crippen LogP contribution in [0.1, 0.15) is 23.2 Å². The Balaban J connectivity index is 2.10. The van der Waals surface area contributed by atoms with Gasteiger partial charge in [-0.2, -0.15) is 0 Å². The van der Waals surface area contributed by atoms with E-state index in [0.717, 1.165) is 12.6 Å². The van der Waals surface area contributed by atoms with Crippen LogP contribution in [-0.4, -0.2) is 17.6 Å². The van der Waals surface area contributed by atoms with Crippen LogP contribution in [0.5, 0.6) is 0 Å². The Morgan fingerprint density at radius 1 is 1.47 bits per heavy atom. The van der Waals surface area contributed by atoms with Crippen molar-refractivity contribution in [3.05, 3.63) is 29.6 Å². The fraction of sp³-hybridized carbons (Fsp3) is 0.364. The summed E-state index contributed by atoms with van der Waals surface area (Å²) < 4.78 is 13.0. The highest BCUT2D eigenvalue weighted by molar-refractivity contribution is 5.88. The lowest BCUT2D eigenvalue weighted by Crippen LogP contribution is -2.05. The zero-order chi connectivity index (χ0) is 10.8. The van der Waals surface area contributed by atoms with Gasteiger partial charge in [-0.05, 0) is 37.0 Å². The second kappa shape index (κ2) is 3.88. The van der Waals surface area contributed by atoms with Crippen molar-refractivity contribution in [2.75, 3.05) is 11.9 Å². The van der Waals surface area contributed by atoms with Gasteiger partial charge in [-0.3, -0.25) is 0 Å². The normalized spacial score (nSPS) is 15.0. The Bertz CT molecular complexity index is 388. The Morgan fingerprint density at radius 3 is 2.80 bits per heavy atom. The molecule has 0 amide bonds. The Kier molecular flexibility index (Phi) is 2.58. The molecule has 0 atom stereocenters. The number of halogens is 1. The van der Waals surface area contributed by atoms with Gasteiger partial charge in [-0.25, -0.2) is 9.18 Å². The molecule has 4 heteroatoms. The van der Waals surface area contributed by atoms with Gasteiger partial charge < -0.3 is 10.4 Å². The Hall–Kier alpha value is -1.58. The summed E-state index contributed by atoms with van der Waals surface area (Å²) in [6.07, 6.45) is 2.40. The van der Waals surface area contributed by atoms with E-state index in [-0.39, 0.29) is 5.56 Å². The van der Waals surface area contributed by atoms with E-state index in [1.54, 1.807) is 0 Å². The maximum absolute atomic E-state index is 13.0. The van der Waals surface area contributed by atoms with Crippen molar-refractivity contribution in [1.29, 1.82) is 0 Å². The third-order valence-electron chi connectivity index (χ3n) is 2.44. The number of benzene rings is 1. The maximum Gasteiger partial charge on any atom is 0.335 e. The van der Waals surface area contributed by atoms with Gasteiger partial charge in [0.25, 0.3) is 0 Å². The zero-order valence-electron chi connectivity index (χ0n) is 8.16. The summed E-state index contributed by atoms with van der Waals surface area (Å²) in [5.74, 6) is -0.960. The van der Waals surface area contributed by atoms with Crippen LogP contribution < -0.4 is 5.32 Å². The molecule has 2 rings (SSSR count). The van der Waals surface area contributed by atoms with Crippen LogP contribution in [0, 0.1) is 11.7 Å². The first-order chi connectivity index (χ1) is 7.15. The van der Waals surface area contributed by atoms with Crippen molar-refractivity contribution >= 4 is 11.7 Å². The molecule has 1 aliphatic rings. The monoisotopic (exact) mass is 209 g/mol. The molecule has 2 N–H and O–H groups in total. The Morgan fingerprint density at radius 2 is 2.20 bits per heavy atom. The molecule has 1 aromatic carbocycles. The first-order valence-corrected chi connectivity index (χ1v) is 4.93. The summed E-state index contributed by atoms with van der Waals surface area (Å²) in [6.45, 7) is 0.794. The molecular formula is C11H12FNO2. The van der Waals surface area contributed by atoms with Gasteiger partial charge in [0.1, 0.15) is 5.82 Å². The van der Waals surface area contributed by atoms with E-state index in [2.05, 4.69) is 5.32 Å². The van der Waals surface area contributed by atoms with Gasteiger partial charge in [-0.1, -0.05) is 0 Å². The molecule has 0 heterocycles. The average Bonchev–Trinajstić information content (AvgIpc) is 2.97. The minimum atomic E-state index is -1.11. The standard InChI is InChI=1S/C11H12FNO2/c12-9-3-8(11(14)15)4-10(5-9)13-6-7-1-2-7/h3-5,7,13H,1-2,6H2,(H,14,15). The fourth-order valence-electron chi connectivity index (χ4n) is 1.40. The first kappa shape index (κ1) is 9.96. The predicted molar refractivity (Wildman–Crippen MR) is 54.6 cm³/mol. The van der Waals surface area contributed by atoms with Crippen molar-refractivity contribution in [2.45, 2.75) is 12.8 Å². The lowest BCUT2D eigenvalue weighted by Gasteiger charge is -2.06. The quantitative estimate of drug-likeness (QED) is 0.800. The summed E-state index contributed by atoms with van der Waals surface area (Å²) in [6, 6.07) is 3.78. The van der Waals surface area contributed by atoms with Crippen molar-refractivity contribution in [2.24, 2.45) is 5.92 Å². The molecule has 0 radical (unpaired) electrons. The third-order valence-corrected chi connectivity index (χ3v) is 2.44. The summed E-state index contributed by atoms with van der Waals surface area (Å²) >= 11 is 0. The molecule has 0 aromatic heterocycles. The Labute approximate surface area is 86.9 Å². The minimum Gasteiger partial charge on any atom is -0.478 e. The second-order valence-electron chi connectivity index (χ2n) is 3.86. The van der Waals surface area contributed by atoms with Gasteiger partial charge in [0, 0.05) is 12.2 Å². The summed E-state index contributed by atoms with van der Waals surface area (Å²) in [5, 5.41) is 11.8. The molecule has 1 aromatic rings. The molecule has 0 bridgehead atoms. The van der Waals surface area contributed by atoms with Crippen LogP contribution in [-0.2, 0) is 0 Å². The molecule has 3 nitrogen and oxygen atoms in total. The van der Waals surface area contributed by atoms with Crippen LogP contribution in [0.4, 0.5) is 10.1 Å². The first-order valence-electron chi connectivity index (χ1n) is 4.93. The van der Waals surface area contributed by atoms with Crippen LogP contribution in [0.15, 0.2) is 18.2 Å². The van der Waals surface area contributed by atoms with Gasteiger partial charge >= 0.3 is 5.97 Å². The van der Waals surface area contributed by atoms with Crippen molar-refractivity contribution in [3.8, 4) is 0 Å². The molecule has 1 saturated carbocycles. The van der Waals surface area contributed by atoms with Crippen molar-refractivity contribution in [3.63, 3.8) is 0 Å². The molecule has 80 valence electrons. The van der Waals surface area contributed by atoms with E-state index >= 15 is 0 Å². The molecule has 0 saturated heterocycles. The number of rotatable bonds is 4. The van der Waals surface area contributed by atoms with Crippen LogP contribution in [0.2, 0.25) is 0 Å². The topological polar surface area (TPSA) is 49.3 Å². The van der Waals surface area contributed by atoms with E-state index in [0.29, 0.717) is 11.6 Å². The number of carboxylic acid groups (broad SMARTS) is 1.